The first kappa shape index (κ1) is 20.7. The molecule has 156 valence electrons. The minimum absolute atomic E-state index is 0.588. The number of hydrogen-bond donors (Lipinski definition) is 1. The van der Waals surface area contributed by atoms with Crippen LogP contribution >= 0.6 is 0 Å². The van der Waals surface area contributed by atoms with E-state index in [0.717, 1.165) is 17.3 Å². The number of hydrogen-bond acceptors (Lipinski definition) is 4. The predicted molar refractivity (Wildman–Crippen MR) is 127 cm³/mol. The van der Waals surface area contributed by atoms with Crippen molar-refractivity contribution in [2.75, 3.05) is 5.32 Å². The second kappa shape index (κ2) is 9.09. The molecule has 0 saturated heterocycles. The topological polar surface area (TPSA) is 50.7 Å². The van der Waals surface area contributed by atoms with Crippen molar-refractivity contribution < 1.29 is 0 Å². The smallest absolute Gasteiger partial charge is 0.230 e. The van der Waals surface area contributed by atoms with Crippen LogP contribution in [0.15, 0.2) is 66.7 Å². The summed E-state index contributed by atoms with van der Waals surface area (Å²) in [4.78, 5) is 14.3. The molecule has 0 unspecified atom stereocenters. The van der Waals surface area contributed by atoms with Crippen LogP contribution in [0.4, 0.5) is 11.6 Å². The lowest BCUT2D eigenvalue weighted by Gasteiger charge is -2.11. The standard InChI is InChI=1S/C27H28N4/c1-18-7-5-9-22(12-18)16-25-29-26(17-23-10-6-8-19(2)13-23)31-27(30-25)28-24-14-20(3)11-21(4)15-24/h5-15H,16-17H2,1-4H3,(H,28,29,30,31). The Balaban J connectivity index is 1.68. The zero-order valence-electron chi connectivity index (χ0n) is 18.6. The Hall–Kier alpha value is -3.53. The molecule has 4 rings (SSSR count). The van der Waals surface area contributed by atoms with Crippen molar-refractivity contribution in [1.29, 1.82) is 0 Å². The van der Waals surface area contributed by atoms with E-state index in [-0.39, 0.29) is 0 Å². The Morgan fingerprint density at radius 1 is 0.581 bits per heavy atom. The molecule has 0 radical (unpaired) electrons. The molecule has 0 aliphatic carbocycles. The molecule has 3 aromatic carbocycles. The molecule has 0 bridgehead atoms. The summed E-state index contributed by atoms with van der Waals surface area (Å²) in [6.45, 7) is 8.40. The van der Waals surface area contributed by atoms with Crippen LogP contribution in [0.25, 0.3) is 0 Å². The third-order valence-electron chi connectivity index (χ3n) is 5.10. The van der Waals surface area contributed by atoms with Crippen LogP contribution in [0.5, 0.6) is 0 Å². The van der Waals surface area contributed by atoms with Gasteiger partial charge in [-0.2, -0.15) is 9.97 Å². The molecule has 0 atom stereocenters. The van der Waals surface area contributed by atoms with Gasteiger partial charge in [0.05, 0.1) is 0 Å². The van der Waals surface area contributed by atoms with Gasteiger partial charge in [0, 0.05) is 18.5 Å². The van der Waals surface area contributed by atoms with Crippen LogP contribution in [-0.4, -0.2) is 15.0 Å². The van der Waals surface area contributed by atoms with Crippen molar-refractivity contribution >= 4 is 11.6 Å². The Labute approximate surface area is 184 Å². The molecular formula is C27H28N4. The second-order valence-electron chi connectivity index (χ2n) is 8.32. The molecule has 4 nitrogen and oxygen atoms in total. The Morgan fingerprint density at radius 3 is 1.58 bits per heavy atom. The average Bonchev–Trinajstić information content (AvgIpc) is 2.67. The van der Waals surface area contributed by atoms with Gasteiger partial charge in [0.15, 0.2) is 0 Å². The van der Waals surface area contributed by atoms with E-state index in [2.05, 4.69) is 99.7 Å². The van der Waals surface area contributed by atoms with Crippen LogP contribution in [0.2, 0.25) is 0 Å². The van der Waals surface area contributed by atoms with E-state index in [0.29, 0.717) is 18.8 Å². The first-order chi connectivity index (χ1) is 14.9. The monoisotopic (exact) mass is 408 g/mol. The van der Waals surface area contributed by atoms with E-state index in [1.807, 2.05) is 0 Å². The fraction of sp³-hybridized carbons (Fsp3) is 0.222. The van der Waals surface area contributed by atoms with Gasteiger partial charge in [-0.05, 0) is 62.1 Å². The van der Waals surface area contributed by atoms with Crippen molar-refractivity contribution in [2.45, 2.75) is 40.5 Å². The zero-order valence-corrected chi connectivity index (χ0v) is 18.6. The molecule has 0 aliphatic rings. The summed E-state index contributed by atoms with van der Waals surface area (Å²) in [7, 11) is 0. The SMILES string of the molecule is Cc1cccc(Cc2nc(Cc3cccc(C)c3)nc(Nc3cc(C)cc(C)c3)n2)c1. The van der Waals surface area contributed by atoms with Crippen LogP contribution in [0, 0.1) is 27.7 Å². The van der Waals surface area contributed by atoms with E-state index in [1.165, 1.54) is 33.4 Å². The summed E-state index contributed by atoms with van der Waals surface area (Å²) < 4.78 is 0. The van der Waals surface area contributed by atoms with E-state index in [4.69, 9.17) is 15.0 Å². The van der Waals surface area contributed by atoms with E-state index >= 15 is 0 Å². The minimum atomic E-state index is 0.588. The van der Waals surface area contributed by atoms with Crippen molar-refractivity contribution in [2.24, 2.45) is 0 Å². The van der Waals surface area contributed by atoms with Crippen LogP contribution in [0.1, 0.15) is 45.0 Å². The highest BCUT2D eigenvalue weighted by molar-refractivity contribution is 5.56. The third-order valence-corrected chi connectivity index (χ3v) is 5.10. The minimum Gasteiger partial charge on any atom is -0.324 e. The van der Waals surface area contributed by atoms with Gasteiger partial charge in [0.25, 0.3) is 0 Å². The number of nitrogens with zero attached hydrogens (tertiary/aromatic N) is 3. The summed E-state index contributed by atoms with van der Waals surface area (Å²) in [5, 5.41) is 3.40. The lowest BCUT2D eigenvalue weighted by Crippen LogP contribution is -2.09. The first-order valence-corrected chi connectivity index (χ1v) is 10.6. The molecule has 1 N–H and O–H groups in total. The van der Waals surface area contributed by atoms with Crippen molar-refractivity contribution in [3.05, 3.63) is 112 Å². The van der Waals surface area contributed by atoms with Crippen LogP contribution < -0.4 is 5.32 Å². The maximum Gasteiger partial charge on any atom is 0.230 e. The normalized spacial score (nSPS) is 10.8. The van der Waals surface area contributed by atoms with Gasteiger partial charge in [-0.15, -0.1) is 0 Å². The molecule has 4 heteroatoms. The molecule has 31 heavy (non-hydrogen) atoms. The number of nitrogens with one attached hydrogen (secondary N) is 1. The first-order valence-electron chi connectivity index (χ1n) is 10.6. The van der Waals surface area contributed by atoms with Gasteiger partial charge in [0.1, 0.15) is 11.6 Å². The van der Waals surface area contributed by atoms with Gasteiger partial charge in [-0.25, -0.2) is 4.98 Å². The Morgan fingerprint density at radius 2 is 1.10 bits per heavy atom. The number of rotatable bonds is 6. The highest BCUT2D eigenvalue weighted by Gasteiger charge is 2.10. The Kier molecular flexibility index (Phi) is 6.08. The molecular weight excluding hydrogens is 380 g/mol. The van der Waals surface area contributed by atoms with Crippen molar-refractivity contribution in [1.82, 2.24) is 15.0 Å². The van der Waals surface area contributed by atoms with E-state index in [1.54, 1.807) is 0 Å². The highest BCUT2D eigenvalue weighted by Crippen LogP contribution is 2.19. The number of aryl methyl sites for hydroxylation is 4. The van der Waals surface area contributed by atoms with Gasteiger partial charge in [-0.1, -0.05) is 65.7 Å². The van der Waals surface area contributed by atoms with E-state index < -0.39 is 0 Å². The van der Waals surface area contributed by atoms with Gasteiger partial charge in [0.2, 0.25) is 5.95 Å². The predicted octanol–water partition coefficient (Wildman–Crippen LogP) is 6.03. The summed E-state index contributed by atoms with van der Waals surface area (Å²) in [6, 6.07) is 23.3. The van der Waals surface area contributed by atoms with Crippen molar-refractivity contribution in [3.8, 4) is 0 Å². The van der Waals surface area contributed by atoms with Gasteiger partial charge < -0.3 is 5.32 Å². The fourth-order valence-electron chi connectivity index (χ4n) is 3.87. The average molecular weight is 409 g/mol. The molecule has 0 aliphatic heterocycles. The van der Waals surface area contributed by atoms with E-state index in [9.17, 15) is 0 Å². The molecule has 4 aromatic rings. The third kappa shape index (κ3) is 5.76. The van der Waals surface area contributed by atoms with Crippen LogP contribution in [-0.2, 0) is 12.8 Å². The summed E-state index contributed by atoms with van der Waals surface area (Å²) >= 11 is 0. The van der Waals surface area contributed by atoms with Gasteiger partial charge in [-0.3, -0.25) is 0 Å². The second-order valence-corrected chi connectivity index (χ2v) is 8.32. The number of anilines is 2. The fourth-order valence-corrected chi connectivity index (χ4v) is 3.87. The molecule has 0 saturated carbocycles. The highest BCUT2D eigenvalue weighted by atomic mass is 15.2. The number of benzene rings is 3. The quantitative estimate of drug-likeness (QED) is 0.423. The summed E-state index contributed by atoms with van der Waals surface area (Å²) in [5.41, 5.74) is 8.27. The Bertz CT molecular complexity index is 1130. The summed E-state index contributed by atoms with van der Waals surface area (Å²) in [6.07, 6.45) is 1.35. The maximum absolute atomic E-state index is 4.80. The van der Waals surface area contributed by atoms with Crippen LogP contribution in [0.3, 0.4) is 0 Å². The zero-order chi connectivity index (χ0) is 21.8. The number of aromatic nitrogens is 3. The lowest BCUT2D eigenvalue weighted by atomic mass is 10.1. The molecule has 0 spiro atoms. The lowest BCUT2D eigenvalue weighted by molar-refractivity contribution is 0.855. The molecule has 1 aromatic heterocycles. The van der Waals surface area contributed by atoms with Gasteiger partial charge >= 0.3 is 0 Å². The molecule has 0 fully saturated rings. The molecule has 1 heterocycles. The summed E-state index contributed by atoms with van der Waals surface area (Å²) in [5.74, 6) is 2.13. The largest absolute Gasteiger partial charge is 0.324 e. The van der Waals surface area contributed by atoms with Crippen molar-refractivity contribution in [3.63, 3.8) is 0 Å². The maximum atomic E-state index is 4.80. The molecule has 0 amide bonds.